The first-order valence-corrected chi connectivity index (χ1v) is 47.1. The number of rotatable bonds is 28. The molecule has 0 aromatic heterocycles. The highest BCUT2D eigenvalue weighted by Crippen LogP contribution is 2.60. The highest BCUT2D eigenvalue weighted by atomic mass is 31.3. The Kier molecular flexibility index (Phi) is 48.4. The predicted octanol–water partition coefficient (Wildman–Crippen LogP) is -5.83. The van der Waals surface area contributed by atoms with E-state index in [2.05, 4.69) is 40.1 Å². The zero-order chi connectivity index (χ0) is 86.8. The highest BCUT2D eigenvalue weighted by Gasteiger charge is 2.47. The molecule has 0 amide bonds. The summed E-state index contributed by atoms with van der Waals surface area (Å²) in [5.41, 5.74) is 0. The molecule has 0 bridgehead atoms. The predicted molar refractivity (Wildman–Crippen MR) is 381 cm³/mol. The van der Waals surface area contributed by atoms with Gasteiger partial charge in [-0.3, -0.25) is 31.7 Å². The molecule has 0 aliphatic carbocycles. The molecule has 50 nitrogen and oxygen atoms in total. The third-order valence-electron chi connectivity index (χ3n) is 15.9. The summed E-state index contributed by atoms with van der Waals surface area (Å²) >= 11 is 0. The van der Waals surface area contributed by atoms with E-state index in [1.807, 2.05) is 0 Å². The van der Waals surface area contributed by atoms with Crippen LogP contribution in [0.2, 0.25) is 0 Å². The molecule has 16 radical (unpaired) electrons. The van der Waals surface area contributed by atoms with Gasteiger partial charge in [0, 0.05) is 91.3 Å². The lowest BCUT2D eigenvalue weighted by Crippen LogP contribution is -2.35. The van der Waals surface area contributed by atoms with E-state index in [0.717, 1.165) is 6.66 Å². The molecular weight excluding hydrogens is 1720 g/mol. The molecule has 31 atom stereocenters. The quantitative estimate of drug-likeness (QED) is 0.0256. The van der Waals surface area contributed by atoms with Crippen LogP contribution in [-0.4, -0.2) is 365 Å². The first kappa shape index (κ1) is 113. The van der Waals surface area contributed by atoms with Crippen LogP contribution in [0.1, 0.15) is 49.0 Å². The van der Waals surface area contributed by atoms with E-state index in [1.165, 1.54) is 7.11 Å². The molecule has 7 rings (SSSR count). The molecule has 0 aromatic rings. The van der Waals surface area contributed by atoms with E-state index in [-0.39, 0.29) is 63.4 Å². The Bertz CT molecular complexity index is 3010. The maximum Gasteiger partial charge on any atom is 0.481 e. The molecule has 3 unspecified atom stereocenters. The van der Waals surface area contributed by atoms with E-state index in [9.17, 15) is 81.4 Å². The minimum absolute atomic E-state index is 0. The van der Waals surface area contributed by atoms with E-state index in [4.69, 9.17) is 178 Å². The highest BCUT2D eigenvalue weighted by molar-refractivity contribution is 7.83. The molecule has 7 aliphatic rings. The van der Waals surface area contributed by atoms with Crippen molar-refractivity contribution in [1.29, 1.82) is 0 Å². The maximum atomic E-state index is 11.6. The minimum atomic E-state index is -5.15. The zero-order valence-electron chi connectivity index (χ0n) is 59.5. The smallest absolute Gasteiger partial charge is 0.390 e. The number of methoxy groups -OCH3 is 1. The third kappa shape index (κ3) is 44.0. The van der Waals surface area contributed by atoms with Gasteiger partial charge in [-0.15, -0.1) is 0 Å². The number of hydrogen-bond acceptors (Lipinski definition) is 35. The fourth-order valence-electron chi connectivity index (χ4n) is 9.42. The number of aliphatic hydroxyl groups excluding tert-OH is 7. The van der Waals surface area contributed by atoms with Gasteiger partial charge in [-0.2, -0.15) is 4.31 Å². The summed E-state index contributed by atoms with van der Waals surface area (Å²) in [5, 5.41) is 67.0. The summed E-state index contributed by atoms with van der Waals surface area (Å²) in [6, 6.07) is -4.87. The molecule has 7 aliphatic heterocycles. The lowest BCUT2D eigenvalue weighted by atomic mass is 9.86. The van der Waals surface area contributed by atoms with Crippen LogP contribution >= 0.6 is 77.7 Å². The molecule has 642 valence electrons. The molecule has 7 heterocycles. The van der Waals surface area contributed by atoms with Gasteiger partial charge in [0.2, 0.25) is 7.57 Å². The van der Waals surface area contributed by atoms with Crippen molar-refractivity contribution >= 4 is 140 Å². The first-order valence-electron chi connectivity index (χ1n) is 31.3. The number of phosphoric ester groups is 5. The topological polar surface area (TPSA) is 782 Å². The van der Waals surface area contributed by atoms with Gasteiger partial charge in [0.25, 0.3) is 7.47 Å². The van der Waals surface area contributed by atoms with Crippen molar-refractivity contribution in [1.82, 2.24) is 0 Å². The second kappa shape index (κ2) is 47.9. The summed E-state index contributed by atoms with van der Waals surface area (Å²) in [4.78, 5) is 127. The first-order chi connectivity index (χ1) is 49.8. The van der Waals surface area contributed by atoms with Crippen molar-refractivity contribution in [3.05, 3.63) is 0 Å². The largest absolute Gasteiger partial charge is 0.481 e. The van der Waals surface area contributed by atoms with Crippen molar-refractivity contribution in [2.45, 2.75) is 183 Å². The third-order valence-corrected chi connectivity index (χ3v) is 24.9. The molecule has 0 saturated carbocycles. The van der Waals surface area contributed by atoms with Gasteiger partial charge < -0.3 is 156 Å². The second-order valence-corrected chi connectivity index (χ2v) is 39.0. The van der Waals surface area contributed by atoms with Gasteiger partial charge >= 0.3 is 70.2 Å². The van der Waals surface area contributed by atoms with E-state index in [0.29, 0.717) is 0 Å². The van der Waals surface area contributed by atoms with E-state index in [1.54, 1.807) is 41.5 Å². The van der Waals surface area contributed by atoms with Gasteiger partial charge in [0.05, 0.1) is 82.9 Å². The van der Waals surface area contributed by atoms with Crippen LogP contribution in [0, 0.1) is 35.5 Å². The average Bonchev–Trinajstić information content (AvgIpc) is 1.47. The minimum Gasteiger partial charge on any atom is -0.390 e. The van der Waals surface area contributed by atoms with Gasteiger partial charge in [-0.1, -0.05) is 49.0 Å². The number of aliphatic hydroxyl groups is 7. The summed E-state index contributed by atoms with van der Waals surface area (Å²) in [6.45, 7) is 7.95. The number of ether oxygens (including phenoxy) is 8. The van der Waals surface area contributed by atoms with E-state index < -0.39 is 237 Å². The average molecular weight is 1820 g/mol. The van der Waals surface area contributed by atoms with Gasteiger partial charge in [-0.25, -0.2) is 45.1 Å². The lowest BCUT2D eigenvalue weighted by molar-refractivity contribution is -0.0143. The molecule has 7 saturated heterocycles. The molecule has 0 aromatic carbocycles. The van der Waals surface area contributed by atoms with Crippen LogP contribution in [-0.2, 0) is 128 Å². The van der Waals surface area contributed by atoms with Crippen molar-refractivity contribution in [3.8, 4) is 0 Å². The molecule has 112 heavy (non-hydrogen) atoms. The van der Waals surface area contributed by atoms with Crippen LogP contribution in [0.3, 0.4) is 0 Å². The standard InChI is InChI=1S/C7H15BO8P2.C6H12B2O8P2.C6H13BO9P2.C6H12BO7P.3C6H12BO6P.CH4/c1-4-6(9)5(15-7(4)8)3-14-17(2,10)16-18(11,12)13;1-3-5(9)4(15-6(3)7)2-14-17(8,10)16-18(11,12)13;1-3-5(8)4(15-6(3)7)2-14-18(12,13)16-17(9,10)11;1-12-5-4(8)3(14-6(5)7)2-13-15(9,10)11;3*1-3-5(8)4(13-6(3)7)2-12-14(9,10)11;/h4-7,9H,3H2,1-2H3,(H2,11,12,13);3-6,9H,2H2,1H3,(H2,11,12,13);3-6,8H,2H2,1H3,(H,12,13)(H2,9,10,11);3-6,8H,2H2,1H3,(H2,9,10,11);3*3-6,8H,2H2,1H3,(H2,9,10,11);1H4/t4-,5-,6+,7-,17?;3-,4-,5+,6-,17?;3-,4-,5+,6-;3-,4-,5-,6-;3*3-,4-,5+,6-;/m1111111./s1. The monoisotopic (exact) mass is 1820 g/mol. The summed E-state index contributed by atoms with van der Waals surface area (Å²) in [7, 11) is -1.82. The second-order valence-electron chi connectivity index (χ2n) is 24.8. The molecule has 7 fully saturated rings. The van der Waals surface area contributed by atoms with Gasteiger partial charge in [0.15, 0.2) is 0 Å². The van der Waals surface area contributed by atoms with Crippen LogP contribution in [0.15, 0.2) is 0 Å². The van der Waals surface area contributed by atoms with Gasteiger partial charge in [-0.05, 0) is 0 Å². The zero-order valence-corrected chi connectivity index (χ0v) is 68.4. The summed E-state index contributed by atoms with van der Waals surface area (Å²) < 4.78 is 189. The molecule has 68 heteroatoms. The SMILES string of the molecule is C.[B][C@@H]1O[C@H](COP(=O)(O)O)[C@@H](O)[C@H]1C.[B][C@@H]1O[C@H](COP(=O)(O)O)[C@@H](O)[C@H]1C.[B][C@@H]1O[C@H](COP(=O)(O)O)[C@@H](O)[C@H]1C.[B][C@@H]1O[C@H](COP(=O)(O)O)[C@@H](O)[C@H]1OC.[B][C@@H]1O[C@H](COP(=O)(O)OP(=O)(O)O)[C@@H](O)[C@H]1C.[B][C@@H]1O[C@H](COP(C)(=O)OP(=O)(O)O)[C@@H](O)[C@H]1C.[B][C@@H]1O[C@H](COP([B])(=O)OP(=O)(O)O)[C@@H](O)[C@H]1C. The Hall–Kier alpha value is 1.22. The van der Waals surface area contributed by atoms with Crippen LogP contribution < -0.4 is 0 Å². The Labute approximate surface area is 652 Å². The summed E-state index contributed by atoms with van der Waals surface area (Å²) in [5.74, 6) is -1.92. The Morgan fingerprint density at radius 3 is 0.670 bits per heavy atom. The van der Waals surface area contributed by atoms with Crippen molar-refractivity contribution in [3.63, 3.8) is 0 Å². The lowest BCUT2D eigenvalue weighted by Gasteiger charge is -2.19. The normalized spacial score (nSPS) is 37.1. The van der Waals surface area contributed by atoms with Crippen molar-refractivity contribution < 1.29 is 237 Å². The Morgan fingerprint density at radius 2 is 0.482 bits per heavy atom. The molecular formula is C44H92B8O50P10. The van der Waals surface area contributed by atoms with Crippen LogP contribution in [0.5, 0.6) is 0 Å². The Morgan fingerprint density at radius 1 is 0.286 bits per heavy atom. The molecule has 0 spiro atoms. The fraction of sp³-hybridized carbons (Fsp3) is 1.00. The molecule has 22 N–H and O–H groups in total. The fourth-order valence-corrected chi connectivity index (χ4v) is 16.3. The van der Waals surface area contributed by atoms with Crippen LogP contribution in [0.4, 0.5) is 0 Å². The van der Waals surface area contributed by atoms with Gasteiger partial charge in [0.1, 0.15) is 110 Å². The Balaban J connectivity index is 0.00000129. The number of hydrogen-bond donors (Lipinski definition) is 22. The van der Waals surface area contributed by atoms with E-state index >= 15 is 0 Å². The van der Waals surface area contributed by atoms with Crippen LogP contribution in [0.25, 0.3) is 0 Å². The van der Waals surface area contributed by atoms with Crippen molar-refractivity contribution in [2.24, 2.45) is 35.5 Å². The summed E-state index contributed by atoms with van der Waals surface area (Å²) in [6.07, 6.45) is -13.2. The maximum absolute atomic E-state index is 11.6. The van der Waals surface area contributed by atoms with Crippen molar-refractivity contribution in [2.75, 3.05) is 60.0 Å². The number of phosphoric acid groups is 8.